The van der Waals surface area contributed by atoms with Crippen molar-refractivity contribution in [3.05, 3.63) is 0 Å². The third-order valence-corrected chi connectivity index (χ3v) is 2.44. The van der Waals surface area contributed by atoms with Gasteiger partial charge in [0.25, 0.3) is 0 Å². The number of carboxylic acid groups (broad SMARTS) is 1. The lowest BCUT2D eigenvalue weighted by Gasteiger charge is -2.34. The first-order valence-corrected chi connectivity index (χ1v) is 4.66. The molecule has 2 unspecified atom stereocenters. The predicted molar refractivity (Wildman–Crippen MR) is 48.4 cm³/mol. The highest BCUT2D eigenvalue weighted by Gasteiger charge is 2.25. The summed E-state index contributed by atoms with van der Waals surface area (Å²) in [6.45, 7) is 3.91. The van der Waals surface area contributed by atoms with Crippen LogP contribution in [0.3, 0.4) is 0 Å². The van der Waals surface area contributed by atoms with Gasteiger partial charge in [-0.1, -0.05) is 6.92 Å². The van der Waals surface area contributed by atoms with Crippen molar-refractivity contribution in [3.8, 4) is 0 Å². The van der Waals surface area contributed by atoms with Gasteiger partial charge in [0.05, 0.1) is 6.54 Å². The molecule has 1 fully saturated rings. The number of hydrogen-bond donors (Lipinski definition) is 2. The topological polar surface area (TPSA) is 60.8 Å². The molecule has 4 heteroatoms. The molecule has 0 radical (unpaired) electrons. The third kappa shape index (κ3) is 3.32. The van der Waals surface area contributed by atoms with Crippen molar-refractivity contribution in [1.82, 2.24) is 4.90 Å². The Labute approximate surface area is 78.2 Å². The molecule has 76 valence electrons. The zero-order valence-electron chi connectivity index (χ0n) is 7.94. The van der Waals surface area contributed by atoms with Crippen LogP contribution in [0, 0.1) is 11.8 Å². The summed E-state index contributed by atoms with van der Waals surface area (Å²) < 4.78 is 0. The van der Waals surface area contributed by atoms with E-state index in [9.17, 15) is 4.79 Å². The Morgan fingerprint density at radius 1 is 1.54 bits per heavy atom. The first-order valence-electron chi connectivity index (χ1n) is 4.66. The molecule has 0 amide bonds. The summed E-state index contributed by atoms with van der Waals surface area (Å²) in [5, 5.41) is 17.6. The molecule has 1 aliphatic rings. The third-order valence-electron chi connectivity index (χ3n) is 2.44. The van der Waals surface area contributed by atoms with Gasteiger partial charge >= 0.3 is 5.97 Å². The number of aliphatic carboxylic acids is 1. The Kier molecular flexibility index (Phi) is 3.69. The molecule has 0 saturated carbocycles. The van der Waals surface area contributed by atoms with Gasteiger partial charge in [0.2, 0.25) is 0 Å². The van der Waals surface area contributed by atoms with Crippen molar-refractivity contribution < 1.29 is 15.0 Å². The maximum Gasteiger partial charge on any atom is 0.317 e. The molecule has 0 aliphatic carbocycles. The molecule has 1 aliphatic heterocycles. The van der Waals surface area contributed by atoms with Gasteiger partial charge < -0.3 is 10.2 Å². The van der Waals surface area contributed by atoms with Crippen molar-refractivity contribution in [2.45, 2.75) is 13.3 Å². The lowest BCUT2D eigenvalue weighted by molar-refractivity contribution is -0.139. The van der Waals surface area contributed by atoms with Gasteiger partial charge in [-0.2, -0.15) is 0 Å². The van der Waals surface area contributed by atoms with E-state index in [0.29, 0.717) is 12.5 Å². The fourth-order valence-electron chi connectivity index (χ4n) is 2.05. The van der Waals surface area contributed by atoms with Crippen LogP contribution in [0.4, 0.5) is 0 Å². The molecular weight excluding hydrogens is 170 g/mol. The molecule has 0 aromatic carbocycles. The van der Waals surface area contributed by atoms with Crippen molar-refractivity contribution in [1.29, 1.82) is 0 Å². The van der Waals surface area contributed by atoms with E-state index in [1.807, 2.05) is 4.90 Å². The minimum atomic E-state index is -0.786. The zero-order chi connectivity index (χ0) is 9.84. The molecule has 0 aromatic heterocycles. The summed E-state index contributed by atoms with van der Waals surface area (Å²) >= 11 is 0. The van der Waals surface area contributed by atoms with Crippen LogP contribution < -0.4 is 0 Å². The Bertz CT molecular complexity index is 184. The number of nitrogens with zero attached hydrogens (tertiary/aromatic N) is 1. The quantitative estimate of drug-likeness (QED) is 0.654. The van der Waals surface area contributed by atoms with Crippen LogP contribution in [-0.2, 0) is 4.79 Å². The Balaban J connectivity index is 2.42. The number of piperidine rings is 1. The minimum Gasteiger partial charge on any atom is -0.480 e. The molecule has 1 saturated heterocycles. The van der Waals surface area contributed by atoms with E-state index in [2.05, 4.69) is 6.92 Å². The highest BCUT2D eigenvalue weighted by molar-refractivity contribution is 5.69. The van der Waals surface area contributed by atoms with Gasteiger partial charge in [0.1, 0.15) is 0 Å². The molecule has 4 nitrogen and oxygen atoms in total. The van der Waals surface area contributed by atoms with Crippen LogP contribution in [-0.4, -0.2) is 47.3 Å². The van der Waals surface area contributed by atoms with Crippen molar-refractivity contribution in [3.63, 3.8) is 0 Å². The van der Waals surface area contributed by atoms with Crippen LogP contribution in [0.15, 0.2) is 0 Å². The van der Waals surface area contributed by atoms with Gasteiger partial charge in [-0.15, -0.1) is 0 Å². The standard InChI is InChI=1S/C9H17NO3/c1-7-2-8(6-11)4-10(3-7)5-9(12)13/h7-8,11H,2-6H2,1H3,(H,12,13). The van der Waals surface area contributed by atoms with E-state index in [-0.39, 0.29) is 19.1 Å². The number of hydrogen-bond acceptors (Lipinski definition) is 3. The number of aliphatic hydroxyl groups excluding tert-OH is 1. The van der Waals surface area contributed by atoms with Gasteiger partial charge in [0, 0.05) is 19.7 Å². The first kappa shape index (κ1) is 10.5. The average Bonchev–Trinajstić information content (AvgIpc) is 2.01. The van der Waals surface area contributed by atoms with Gasteiger partial charge in [0.15, 0.2) is 0 Å². The second-order valence-corrected chi connectivity index (χ2v) is 3.98. The van der Waals surface area contributed by atoms with Crippen LogP contribution >= 0.6 is 0 Å². The summed E-state index contributed by atoms with van der Waals surface area (Å²) in [7, 11) is 0. The van der Waals surface area contributed by atoms with E-state index in [1.54, 1.807) is 0 Å². The maximum absolute atomic E-state index is 10.5. The average molecular weight is 187 g/mol. The second kappa shape index (κ2) is 4.58. The molecular formula is C9H17NO3. The Morgan fingerprint density at radius 2 is 2.23 bits per heavy atom. The lowest BCUT2D eigenvalue weighted by Crippen LogP contribution is -2.43. The molecule has 1 rings (SSSR count). The van der Waals surface area contributed by atoms with E-state index in [4.69, 9.17) is 10.2 Å². The van der Waals surface area contributed by atoms with Crippen molar-refractivity contribution in [2.24, 2.45) is 11.8 Å². The summed E-state index contributed by atoms with van der Waals surface area (Å²) in [5.41, 5.74) is 0. The molecule has 13 heavy (non-hydrogen) atoms. The summed E-state index contributed by atoms with van der Waals surface area (Å²) in [4.78, 5) is 12.4. The zero-order valence-corrected chi connectivity index (χ0v) is 7.94. The smallest absolute Gasteiger partial charge is 0.317 e. The predicted octanol–water partition coefficient (Wildman–Crippen LogP) is 0.0213. The van der Waals surface area contributed by atoms with Crippen molar-refractivity contribution in [2.75, 3.05) is 26.2 Å². The number of likely N-dealkylation sites (tertiary alicyclic amines) is 1. The minimum absolute atomic E-state index is 0.0981. The van der Waals surface area contributed by atoms with E-state index < -0.39 is 5.97 Å². The highest BCUT2D eigenvalue weighted by atomic mass is 16.4. The largest absolute Gasteiger partial charge is 0.480 e. The number of carbonyl (C=O) groups is 1. The number of rotatable bonds is 3. The summed E-state index contributed by atoms with van der Waals surface area (Å²) in [6.07, 6.45) is 1.01. The number of aliphatic hydroxyl groups is 1. The van der Waals surface area contributed by atoms with E-state index in [1.165, 1.54) is 0 Å². The maximum atomic E-state index is 10.5. The van der Waals surface area contributed by atoms with Gasteiger partial charge in [-0.05, 0) is 18.3 Å². The van der Waals surface area contributed by atoms with Crippen LogP contribution in [0.2, 0.25) is 0 Å². The monoisotopic (exact) mass is 187 g/mol. The normalized spacial score (nSPS) is 30.3. The van der Waals surface area contributed by atoms with Crippen LogP contribution in [0.25, 0.3) is 0 Å². The van der Waals surface area contributed by atoms with Crippen molar-refractivity contribution >= 4 is 5.97 Å². The molecule has 0 bridgehead atoms. The molecule has 2 atom stereocenters. The molecule has 2 N–H and O–H groups in total. The highest BCUT2D eigenvalue weighted by Crippen LogP contribution is 2.20. The SMILES string of the molecule is CC1CC(CO)CN(CC(=O)O)C1. The summed E-state index contributed by atoms with van der Waals surface area (Å²) in [5.74, 6) is -0.0425. The van der Waals surface area contributed by atoms with Crippen LogP contribution in [0.5, 0.6) is 0 Å². The fraction of sp³-hybridized carbons (Fsp3) is 0.889. The fourth-order valence-corrected chi connectivity index (χ4v) is 2.05. The van der Waals surface area contributed by atoms with Gasteiger partial charge in [-0.25, -0.2) is 0 Å². The lowest BCUT2D eigenvalue weighted by atomic mass is 9.91. The number of carboxylic acids is 1. The summed E-state index contributed by atoms with van der Waals surface area (Å²) in [6, 6.07) is 0. The molecule has 0 spiro atoms. The molecule has 0 aromatic rings. The van der Waals surface area contributed by atoms with Gasteiger partial charge in [-0.3, -0.25) is 9.69 Å². The first-order chi connectivity index (χ1) is 6.11. The second-order valence-electron chi connectivity index (χ2n) is 3.98. The Morgan fingerprint density at radius 3 is 2.77 bits per heavy atom. The Hall–Kier alpha value is -0.610. The van der Waals surface area contributed by atoms with E-state index >= 15 is 0 Å². The molecule has 1 heterocycles. The van der Waals surface area contributed by atoms with Crippen LogP contribution in [0.1, 0.15) is 13.3 Å². The van der Waals surface area contributed by atoms with E-state index in [0.717, 1.165) is 13.0 Å².